The molecule has 5 heteroatoms. The second kappa shape index (κ2) is 10.8. The van der Waals surface area contributed by atoms with Crippen molar-refractivity contribution < 1.29 is 14.3 Å². The van der Waals surface area contributed by atoms with E-state index in [4.69, 9.17) is 14.7 Å². The molecule has 1 amide bonds. The molecule has 2 aromatic rings. The molecule has 5 nitrogen and oxygen atoms in total. The highest BCUT2D eigenvalue weighted by atomic mass is 16.5. The van der Waals surface area contributed by atoms with Crippen LogP contribution in [0.2, 0.25) is 0 Å². The van der Waals surface area contributed by atoms with E-state index < -0.39 is 0 Å². The summed E-state index contributed by atoms with van der Waals surface area (Å²) >= 11 is 0. The Balaban J connectivity index is 1.88. The fourth-order valence-corrected chi connectivity index (χ4v) is 2.58. The summed E-state index contributed by atoms with van der Waals surface area (Å²) in [5, 5.41) is 11.2. The first-order valence-electron chi connectivity index (χ1n) is 8.70. The van der Waals surface area contributed by atoms with E-state index >= 15 is 0 Å². The minimum atomic E-state index is -0.258. The highest BCUT2D eigenvalue weighted by molar-refractivity contribution is 5.77. The van der Waals surface area contributed by atoms with E-state index in [1.54, 1.807) is 7.11 Å². The Hall–Kier alpha value is -3.00. The number of rotatable bonds is 10. The van der Waals surface area contributed by atoms with Crippen molar-refractivity contribution in [2.45, 2.75) is 25.7 Å². The smallest absolute Gasteiger partial charge is 0.234 e. The Bertz CT molecular complexity index is 739. The van der Waals surface area contributed by atoms with Gasteiger partial charge in [-0.1, -0.05) is 36.4 Å². The number of methoxy groups -OCH3 is 1. The molecule has 0 heterocycles. The molecular formula is C21H24N2O3. The molecule has 0 aliphatic heterocycles. The van der Waals surface area contributed by atoms with Crippen LogP contribution in [-0.2, 0) is 17.6 Å². The molecule has 0 aromatic heterocycles. The molecule has 2 rings (SSSR count). The lowest BCUT2D eigenvalue weighted by Gasteiger charge is -2.13. The van der Waals surface area contributed by atoms with Gasteiger partial charge < -0.3 is 14.8 Å². The predicted molar refractivity (Wildman–Crippen MR) is 100 cm³/mol. The molecule has 2 aromatic carbocycles. The van der Waals surface area contributed by atoms with Crippen molar-refractivity contribution in [1.82, 2.24) is 5.32 Å². The number of aryl methyl sites for hydroxylation is 1. The minimum absolute atomic E-state index is 0.120. The third-order valence-corrected chi connectivity index (χ3v) is 3.94. The number of benzene rings is 2. The zero-order chi connectivity index (χ0) is 18.6. The van der Waals surface area contributed by atoms with E-state index in [1.807, 2.05) is 42.5 Å². The number of carbonyl (C=O) groups excluding carboxylic acids is 1. The van der Waals surface area contributed by atoms with E-state index in [2.05, 4.69) is 17.4 Å². The molecule has 0 atom stereocenters. The summed E-state index contributed by atoms with van der Waals surface area (Å²) in [5.41, 5.74) is 2.30. The topological polar surface area (TPSA) is 71.3 Å². The lowest BCUT2D eigenvalue weighted by Crippen LogP contribution is -2.25. The maximum absolute atomic E-state index is 11.4. The van der Waals surface area contributed by atoms with Crippen LogP contribution in [0.1, 0.15) is 24.0 Å². The van der Waals surface area contributed by atoms with Gasteiger partial charge in [0.2, 0.25) is 5.91 Å². The first kappa shape index (κ1) is 19.3. The zero-order valence-electron chi connectivity index (χ0n) is 15.0. The summed E-state index contributed by atoms with van der Waals surface area (Å²) in [6.45, 7) is 1.07. The van der Waals surface area contributed by atoms with Crippen LogP contribution in [-0.4, -0.2) is 26.2 Å². The third kappa shape index (κ3) is 6.48. The van der Waals surface area contributed by atoms with Crippen LogP contribution in [0, 0.1) is 11.3 Å². The molecule has 0 saturated carbocycles. The number of hydrogen-bond acceptors (Lipinski definition) is 4. The van der Waals surface area contributed by atoms with Crippen molar-refractivity contribution >= 4 is 5.91 Å². The molecule has 0 radical (unpaired) electrons. The first-order valence-corrected chi connectivity index (χ1v) is 8.70. The van der Waals surface area contributed by atoms with Crippen molar-refractivity contribution in [3.8, 4) is 17.6 Å². The standard InChI is InChI=1S/C21H24N2O3/c1-25-19-10-9-18(12-14-23-21(24)11-13-22)20(16-19)26-15-5-8-17-6-3-2-4-7-17/h2-4,6-7,9-10,16H,5,8,11-12,14-15H2,1H3,(H,23,24). The summed E-state index contributed by atoms with van der Waals surface area (Å²) in [5.74, 6) is 1.25. The summed E-state index contributed by atoms with van der Waals surface area (Å²) in [6.07, 6.45) is 2.39. The summed E-state index contributed by atoms with van der Waals surface area (Å²) in [7, 11) is 1.62. The normalized spacial score (nSPS) is 10.0. The second-order valence-corrected chi connectivity index (χ2v) is 5.85. The Labute approximate surface area is 154 Å². The number of ether oxygens (including phenoxy) is 2. The van der Waals surface area contributed by atoms with Crippen molar-refractivity contribution in [3.63, 3.8) is 0 Å². The molecular weight excluding hydrogens is 328 g/mol. The van der Waals surface area contributed by atoms with Crippen molar-refractivity contribution in [1.29, 1.82) is 5.26 Å². The van der Waals surface area contributed by atoms with Gasteiger partial charge in [0, 0.05) is 12.6 Å². The highest BCUT2D eigenvalue weighted by Crippen LogP contribution is 2.25. The number of carbonyl (C=O) groups is 1. The molecule has 0 aliphatic rings. The van der Waals surface area contributed by atoms with Crippen LogP contribution < -0.4 is 14.8 Å². The van der Waals surface area contributed by atoms with Crippen LogP contribution >= 0.6 is 0 Å². The Morgan fingerprint density at radius 2 is 1.96 bits per heavy atom. The van der Waals surface area contributed by atoms with Gasteiger partial charge >= 0.3 is 0 Å². The van der Waals surface area contributed by atoms with Gasteiger partial charge in [-0.3, -0.25) is 4.79 Å². The van der Waals surface area contributed by atoms with Gasteiger partial charge in [-0.2, -0.15) is 5.26 Å². The van der Waals surface area contributed by atoms with E-state index in [1.165, 1.54) is 5.56 Å². The number of amides is 1. The predicted octanol–water partition coefficient (Wildman–Crippen LogP) is 3.28. The Morgan fingerprint density at radius 3 is 2.69 bits per heavy atom. The van der Waals surface area contributed by atoms with E-state index in [-0.39, 0.29) is 12.3 Å². The molecule has 0 unspecified atom stereocenters. The summed E-state index contributed by atoms with van der Waals surface area (Å²) in [6, 6.07) is 17.8. The summed E-state index contributed by atoms with van der Waals surface area (Å²) < 4.78 is 11.2. The largest absolute Gasteiger partial charge is 0.497 e. The average Bonchev–Trinajstić information content (AvgIpc) is 2.67. The molecule has 136 valence electrons. The maximum Gasteiger partial charge on any atom is 0.234 e. The van der Waals surface area contributed by atoms with E-state index in [0.29, 0.717) is 19.6 Å². The monoisotopic (exact) mass is 352 g/mol. The number of nitrogens with one attached hydrogen (secondary N) is 1. The molecule has 0 spiro atoms. The van der Waals surface area contributed by atoms with Gasteiger partial charge in [-0.05, 0) is 36.5 Å². The van der Waals surface area contributed by atoms with E-state index in [0.717, 1.165) is 29.9 Å². The van der Waals surface area contributed by atoms with Crippen LogP contribution in [0.5, 0.6) is 11.5 Å². The van der Waals surface area contributed by atoms with Gasteiger partial charge in [0.25, 0.3) is 0 Å². The lowest BCUT2D eigenvalue weighted by molar-refractivity contribution is -0.120. The molecule has 0 aliphatic carbocycles. The number of nitriles is 1. The van der Waals surface area contributed by atoms with E-state index in [9.17, 15) is 4.79 Å². The number of hydrogen-bond donors (Lipinski definition) is 1. The average molecular weight is 352 g/mol. The maximum atomic E-state index is 11.4. The van der Waals surface area contributed by atoms with Gasteiger partial charge in [-0.15, -0.1) is 0 Å². The summed E-state index contributed by atoms with van der Waals surface area (Å²) in [4.78, 5) is 11.4. The van der Waals surface area contributed by atoms with Crippen molar-refractivity contribution in [2.75, 3.05) is 20.3 Å². The lowest BCUT2D eigenvalue weighted by atomic mass is 10.1. The Kier molecular flexibility index (Phi) is 8.01. The van der Waals surface area contributed by atoms with Gasteiger partial charge in [-0.25, -0.2) is 0 Å². The van der Waals surface area contributed by atoms with Crippen LogP contribution in [0.15, 0.2) is 48.5 Å². The molecule has 0 fully saturated rings. The molecule has 0 saturated heterocycles. The second-order valence-electron chi connectivity index (χ2n) is 5.85. The Morgan fingerprint density at radius 1 is 1.15 bits per heavy atom. The fraction of sp³-hybridized carbons (Fsp3) is 0.333. The highest BCUT2D eigenvalue weighted by Gasteiger charge is 2.07. The van der Waals surface area contributed by atoms with Crippen LogP contribution in [0.4, 0.5) is 0 Å². The van der Waals surface area contributed by atoms with Gasteiger partial charge in [0.1, 0.15) is 17.9 Å². The van der Waals surface area contributed by atoms with Crippen molar-refractivity contribution in [3.05, 3.63) is 59.7 Å². The minimum Gasteiger partial charge on any atom is -0.497 e. The quantitative estimate of drug-likeness (QED) is 0.666. The zero-order valence-corrected chi connectivity index (χ0v) is 15.0. The van der Waals surface area contributed by atoms with Gasteiger partial charge in [0.15, 0.2) is 0 Å². The van der Waals surface area contributed by atoms with Crippen molar-refractivity contribution in [2.24, 2.45) is 0 Å². The van der Waals surface area contributed by atoms with Gasteiger partial charge in [0.05, 0.1) is 19.8 Å². The molecule has 0 bridgehead atoms. The third-order valence-electron chi connectivity index (χ3n) is 3.94. The number of nitrogens with zero attached hydrogens (tertiary/aromatic N) is 1. The van der Waals surface area contributed by atoms with Crippen LogP contribution in [0.25, 0.3) is 0 Å². The first-order chi connectivity index (χ1) is 12.7. The fourth-order valence-electron chi connectivity index (χ4n) is 2.58. The molecule has 26 heavy (non-hydrogen) atoms. The van der Waals surface area contributed by atoms with Crippen LogP contribution in [0.3, 0.4) is 0 Å². The SMILES string of the molecule is COc1ccc(CCNC(=O)CC#N)c(OCCCc2ccccc2)c1. The molecule has 1 N–H and O–H groups in total.